The van der Waals surface area contributed by atoms with Crippen molar-refractivity contribution in [1.82, 2.24) is 9.55 Å². The van der Waals surface area contributed by atoms with Gasteiger partial charge in [-0.3, -0.25) is 0 Å². The van der Waals surface area contributed by atoms with Crippen molar-refractivity contribution in [2.75, 3.05) is 0 Å². The zero-order chi connectivity index (χ0) is 12.5. The molecule has 0 unspecified atom stereocenters. The van der Waals surface area contributed by atoms with Crippen molar-refractivity contribution in [2.45, 2.75) is 51.5 Å². The minimum atomic E-state index is -0.165. The lowest BCUT2D eigenvalue weighted by Crippen LogP contribution is -2.15. The number of halogens is 1. The maximum Gasteiger partial charge on any atom is 0.125 e. The Morgan fingerprint density at radius 2 is 2.06 bits per heavy atom. The highest BCUT2D eigenvalue weighted by Gasteiger charge is 2.20. The van der Waals surface area contributed by atoms with Crippen LogP contribution in [0.3, 0.4) is 0 Å². The summed E-state index contributed by atoms with van der Waals surface area (Å²) >= 11 is 0. The topological polar surface area (TPSA) is 17.8 Å². The third-order valence-corrected chi connectivity index (χ3v) is 3.98. The van der Waals surface area contributed by atoms with E-state index in [1.165, 1.54) is 38.2 Å². The first-order valence-electron chi connectivity index (χ1n) is 6.96. The predicted octanol–water partition coefficient (Wildman–Crippen LogP) is 4.24. The summed E-state index contributed by atoms with van der Waals surface area (Å²) in [6.07, 6.45) is 7.21. The van der Waals surface area contributed by atoms with E-state index in [4.69, 9.17) is 0 Å². The van der Waals surface area contributed by atoms with Crippen molar-refractivity contribution in [3.63, 3.8) is 0 Å². The number of hydrogen-bond donors (Lipinski definition) is 0. The molecule has 3 heteroatoms. The Labute approximate surface area is 107 Å². The first-order valence-corrected chi connectivity index (χ1v) is 6.96. The molecule has 0 atom stereocenters. The minimum absolute atomic E-state index is 0.165. The lowest BCUT2D eigenvalue weighted by Gasteiger charge is -2.25. The Morgan fingerprint density at radius 1 is 1.28 bits per heavy atom. The molecule has 1 aliphatic rings. The van der Waals surface area contributed by atoms with Gasteiger partial charge >= 0.3 is 0 Å². The van der Waals surface area contributed by atoms with Gasteiger partial charge < -0.3 is 4.57 Å². The van der Waals surface area contributed by atoms with E-state index in [1.807, 2.05) is 0 Å². The number of fused-ring (bicyclic) bond motifs is 1. The third-order valence-electron chi connectivity index (χ3n) is 3.98. The summed E-state index contributed by atoms with van der Waals surface area (Å²) in [6.45, 7) is 2.12. The van der Waals surface area contributed by atoms with Gasteiger partial charge in [0.2, 0.25) is 0 Å². The van der Waals surface area contributed by atoms with Gasteiger partial charge in [-0.2, -0.15) is 0 Å². The molecule has 0 saturated heterocycles. The average Bonchev–Trinajstić information content (AvgIpc) is 2.77. The number of nitrogens with zero attached hydrogens (tertiary/aromatic N) is 2. The van der Waals surface area contributed by atoms with Crippen LogP contribution in [0.25, 0.3) is 11.0 Å². The quantitative estimate of drug-likeness (QED) is 0.774. The van der Waals surface area contributed by atoms with Crippen LogP contribution in [0.15, 0.2) is 18.2 Å². The van der Waals surface area contributed by atoms with Crippen molar-refractivity contribution in [3.05, 3.63) is 29.8 Å². The number of hydrogen-bond acceptors (Lipinski definition) is 1. The molecule has 1 heterocycles. The fourth-order valence-electron chi connectivity index (χ4n) is 3.11. The molecule has 0 bridgehead atoms. The molecule has 0 spiro atoms. The van der Waals surface area contributed by atoms with Crippen LogP contribution in [0.2, 0.25) is 0 Å². The molecule has 1 aromatic heterocycles. The van der Waals surface area contributed by atoms with Gasteiger partial charge in [0.1, 0.15) is 11.6 Å². The highest BCUT2D eigenvalue weighted by Crippen LogP contribution is 2.32. The molecule has 0 aliphatic heterocycles. The molecule has 0 radical (unpaired) electrons. The van der Waals surface area contributed by atoms with E-state index in [2.05, 4.69) is 16.5 Å². The summed E-state index contributed by atoms with van der Waals surface area (Å²) in [6, 6.07) is 5.44. The normalized spacial score (nSPS) is 17.4. The van der Waals surface area contributed by atoms with Crippen molar-refractivity contribution in [2.24, 2.45) is 0 Å². The lowest BCUT2D eigenvalue weighted by molar-refractivity contribution is 0.353. The van der Waals surface area contributed by atoms with Gasteiger partial charge in [-0.05, 0) is 31.0 Å². The highest BCUT2D eigenvalue weighted by molar-refractivity contribution is 5.76. The predicted molar refractivity (Wildman–Crippen MR) is 71.2 cm³/mol. The summed E-state index contributed by atoms with van der Waals surface area (Å²) < 4.78 is 15.7. The van der Waals surface area contributed by atoms with Crippen LogP contribution >= 0.6 is 0 Å². The summed E-state index contributed by atoms with van der Waals surface area (Å²) in [5.74, 6) is 0.935. The summed E-state index contributed by atoms with van der Waals surface area (Å²) in [5.41, 5.74) is 1.90. The van der Waals surface area contributed by atoms with Gasteiger partial charge in [0.25, 0.3) is 0 Å². The van der Waals surface area contributed by atoms with Crippen molar-refractivity contribution in [1.29, 1.82) is 0 Å². The number of aryl methyl sites for hydroxylation is 1. The molecule has 2 aromatic rings. The molecule has 1 fully saturated rings. The molecule has 18 heavy (non-hydrogen) atoms. The monoisotopic (exact) mass is 246 g/mol. The largest absolute Gasteiger partial charge is 0.325 e. The van der Waals surface area contributed by atoms with E-state index >= 15 is 0 Å². The first kappa shape index (κ1) is 11.7. The van der Waals surface area contributed by atoms with E-state index < -0.39 is 0 Å². The van der Waals surface area contributed by atoms with Crippen LogP contribution in [-0.2, 0) is 6.42 Å². The maximum atomic E-state index is 13.5. The van der Waals surface area contributed by atoms with Crippen LogP contribution < -0.4 is 0 Å². The maximum absolute atomic E-state index is 13.5. The van der Waals surface area contributed by atoms with Crippen LogP contribution in [0.4, 0.5) is 4.39 Å². The van der Waals surface area contributed by atoms with Gasteiger partial charge in [-0.25, -0.2) is 9.37 Å². The SMILES string of the molecule is CCc1nc2ccc(F)cc2n1C1CCCCC1. The number of benzene rings is 1. The molecule has 1 aliphatic carbocycles. The molecule has 0 N–H and O–H groups in total. The second-order valence-corrected chi connectivity index (χ2v) is 5.18. The standard InChI is InChI=1S/C15H19FN2/c1-2-15-17-13-9-8-11(16)10-14(13)18(15)12-6-4-3-5-7-12/h8-10,12H,2-7H2,1H3. The second-order valence-electron chi connectivity index (χ2n) is 5.18. The molecule has 1 aromatic carbocycles. The molecule has 0 amide bonds. The Morgan fingerprint density at radius 3 is 2.78 bits per heavy atom. The van der Waals surface area contributed by atoms with E-state index in [0.717, 1.165) is 23.3 Å². The summed E-state index contributed by atoms with van der Waals surface area (Å²) in [5, 5.41) is 0. The third kappa shape index (κ3) is 1.92. The fourth-order valence-corrected chi connectivity index (χ4v) is 3.11. The molecule has 1 saturated carbocycles. The van der Waals surface area contributed by atoms with Gasteiger partial charge in [0.15, 0.2) is 0 Å². The van der Waals surface area contributed by atoms with Crippen molar-refractivity contribution >= 4 is 11.0 Å². The van der Waals surface area contributed by atoms with Gasteiger partial charge in [-0.15, -0.1) is 0 Å². The Balaban J connectivity index is 2.14. The molecule has 96 valence electrons. The van der Waals surface area contributed by atoms with Crippen LogP contribution in [0.1, 0.15) is 50.9 Å². The van der Waals surface area contributed by atoms with Crippen LogP contribution in [-0.4, -0.2) is 9.55 Å². The zero-order valence-corrected chi connectivity index (χ0v) is 10.8. The molecule has 2 nitrogen and oxygen atoms in total. The first-order chi connectivity index (χ1) is 8.79. The fraction of sp³-hybridized carbons (Fsp3) is 0.533. The van der Waals surface area contributed by atoms with Crippen LogP contribution in [0, 0.1) is 5.82 Å². The van der Waals surface area contributed by atoms with Gasteiger partial charge in [-0.1, -0.05) is 26.2 Å². The highest BCUT2D eigenvalue weighted by atomic mass is 19.1. The van der Waals surface area contributed by atoms with E-state index in [9.17, 15) is 4.39 Å². The van der Waals surface area contributed by atoms with E-state index in [-0.39, 0.29) is 5.82 Å². The van der Waals surface area contributed by atoms with Crippen molar-refractivity contribution in [3.8, 4) is 0 Å². The Kier molecular flexibility index (Phi) is 3.06. The van der Waals surface area contributed by atoms with E-state index in [1.54, 1.807) is 12.1 Å². The van der Waals surface area contributed by atoms with Gasteiger partial charge in [0, 0.05) is 12.5 Å². The number of rotatable bonds is 2. The smallest absolute Gasteiger partial charge is 0.125 e. The molecule has 3 rings (SSSR count). The molecular weight excluding hydrogens is 227 g/mol. The Bertz CT molecular complexity index is 553. The second kappa shape index (κ2) is 4.71. The summed E-state index contributed by atoms with van der Waals surface area (Å²) in [4.78, 5) is 4.64. The van der Waals surface area contributed by atoms with Gasteiger partial charge in [0.05, 0.1) is 11.0 Å². The minimum Gasteiger partial charge on any atom is -0.325 e. The van der Waals surface area contributed by atoms with E-state index in [0.29, 0.717) is 6.04 Å². The number of imidazole rings is 1. The molecular formula is C15H19FN2. The zero-order valence-electron chi connectivity index (χ0n) is 10.8. The Hall–Kier alpha value is -1.38. The summed E-state index contributed by atoms with van der Waals surface area (Å²) in [7, 11) is 0. The number of aromatic nitrogens is 2. The van der Waals surface area contributed by atoms with Crippen molar-refractivity contribution < 1.29 is 4.39 Å². The van der Waals surface area contributed by atoms with Crippen LogP contribution in [0.5, 0.6) is 0 Å². The average molecular weight is 246 g/mol. The lowest BCUT2D eigenvalue weighted by atomic mass is 9.95.